The number of nitrogens with one attached hydrogen (secondary N) is 1. The molecule has 1 heterocycles. The molecule has 1 N–H and O–H groups in total. The lowest BCUT2D eigenvalue weighted by molar-refractivity contribution is -0.123. The zero-order chi connectivity index (χ0) is 18.7. The molecule has 132 valence electrons. The predicted octanol–water partition coefficient (Wildman–Crippen LogP) is 3.72. The van der Waals surface area contributed by atoms with E-state index in [2.05, 4.69) is 31.2 Å². The first-order chi connectivity index (χ1) is 12.4. The van der Waals surface area contributed by atoms with E-state index in [-0.39, 0.29) is 11.4 Å². The van der Waals surface area contributed by atoms with Gasteiger partial charge in [-0.25, -0.2) is 14.2 Å². The lowest BCUT2D eigenvalue weighted by Gasteiger charge is -2.13. The van der Waals surface area contributed by atoms with Gasteiger partial charge < -0.3 is 10.1 Å². The van der Waals surface area contributed by atoms with E-state index in [1.165, 1.54) is 25.3 Å². The Morgan fingerprint density at radius 3 is 2.65 bits per heavy atom. The fourth-order valence-electron chi connectivity index (χ4n) is 2.16. The van der Waals surface area contributed by atoms with Gasteiger partial charge in [0.05, 0.1) is 22.9 Å². The van der Waals surface area contributed by atoms with Crippen LogP contribution in [0.15, 0.2) is 53.1 Å². The molecule has 1 amide bonds. The summed E-state index contributed by atoms with van der Waals surface area (Å²) in [7, 11) is 0. The van der Waals surface area contributed by atoms with Crippen molar-refractivity contribution in [3.63, 3.8) is 0 Å². The fraction of sp³-hybridized carbons (Fsp3) is 0.111. The molecule has 0 spiro atoms. The van der Waals surface area contributed by atoms with Gasteiger partial charge in [-0.1, -0.05) is 28.1 Å². The van der Waals surface area contributed by atoms with Gasteiger partial charge in [0.2, 0.25) is 0 Å². The van der Waals surface area contributed by atoms with Crippen LogP contribution in [-0.4, -0.2) is 27.9 Å². The number of esters is 1. The minimum Gasteiger partial charge on any atom is -0.448 e. The molecule has 1 unspecified atom stereocenters. The first-order valence-electron chi connectivity index (χ1n) is 7.63. The molecular weight excluding hydrogens is 405 g/mol. The predicted molar refractivity (Wildman–Crippen MR) is 97.1 cm³/mol. The van der Waals surface area contributed by atoms with E-state index >= 15 is 0 Å². The maximum atomic E-state index is 13.8. The molecule has 0 saturated carbocycles. The van der Waals surface area contributed by atoms with Crippen molar-refractivity contribution in [1.82, 2.24) is 9.97 Å². The second-order valence-electron chi connectivity index (χ2n) is 5.40. The lowest BCUT2D eigenvalue weighted by atomic mass is 10.3. The smallest absolute Gasteiger partial charge is 0.359 e. The maximum absolute atomic E-state index is 13.8. The average Bonchev–Trinajstić information content (AvgIpc) is 2.63. The molecule has 3 rings (SSSR count). The average molecular weight is 418 g/mol. The highest BCUT2D eigenvalue weighted by atomic mass is 79.9. The Kier molecular flexibility index (Phi) is 5.22. The molecule has 6 nitrogen and oxygen atoms in total. The van der Waals surface area contributed by atoms with Gasteiger partial charge >= 0.3 is 5.97 Å². The van der Waals surface area contributed by atoms with E-state index in [0.717, 1.165) is 0 Å². The minimum atomic E-state index is -1.14. The van der Waals surface area contributed by atoms with E-state index in [1.807, 2.05) is 6.07 Å². The Hall–Kier alpha value is -2.87. The Balaban J connectivity index is 1.68. The van der Waals surface area contributed by atoms with Crippen LogP contribution >= 0.6 is 15.9 Å². The molecule has 1 aromatic heterocycles. The summed E-state index contributed by atoms with van der Waals surface area (Å²) in [5, 5.41) is 2.38. The van der Waals surface area contributed by atoms with Gasteiger partial charge in [-0.15, -0.1) is 0 Å². The van der Waals surface area contributed by atoms with E-state index in [1.54, 1.807) is 24.3 Å². The Bertz CT molecular complexity index is 996. The SMILES string of the molecule is CC(OC(=O)c1cnc2ccccc2n1)C(=O)Nc1ccc(Br)cc1F. The van der Waals surface area contributed by atoms with Crippen LogP contribution in [0.5, 0.6) is 0 Å². The van der Waals surface area contributed by atoms with Crippen LogP contribution in [0.3, 0.4) is 0 Å². The second kappa shape index (κ2) is 7.57. The summed E-state index contributed by atoms with van der Waals surface area (Å²) >= 11 is 3.13. The van der Waals surface area contributed by atoms with Crippen molar-refractivity contribution in [3.8, 4) is 0 Å². The molecule has 2 aromatic carbocycles. The number of rotatable bonds is 4. The molecule has 0 fully saturated rings. The summed E-state index contributed by atoms with van der Waals surface area (Å²) in [4.78, 5) is 32.6. The number of anilines is 1. The summed E-state index contributed by atoms with van der Waals surface area (Å²) in [6, 6.07) is 11.3. The van der Waals surface area contributed by atoms with Gasteiger partial charge in [-0.3, -0.25) is 9.78 Å². The van der Waals surface area contributed by atoms with E-state index in [0.29, 0.717) is 15.5 Å². The zero-order valence-electron chi connectivity index (χ0n) is 13.6. The third-order valence-corrected chi connectivity index (χ3v) is 3.99. The number of amides is 1. The minimum absolute atomic E-state index is 0.00778. The number of fused-ring (bicyclic) bond motifs is 1. The highest BCUT2D eigenvalue weighted by molar-refractivity contribution is 9.10. The third-order valence-electron chi connectivity index (χ3n) is 3.50. The van der Waals surface area contributed by atoms with Crippen molar-refractivity contribution in [1.29, 1.82) is 0 Å². The summed E-state index contributed by atoms with van der Waals surface area (Å²) in [5.41, 5.74) is 1.15. The van der Waals surface area contributed by atoms with Crippen LogP contribution in [0, 0.1) is 5.82 Å². The van der Waals surface area contributed by atoms with Crippen LogP contribution in [0.2, 0.25) is 0 Å². The van der Waals surface area contributed by atoms with Crippen molar-refractivity contribution in [2.45, 2.75) is 13.0 Å². The number of carbonyl (C=O) groups excluding carboxylic acids is 2. The summed E-state index contributed by atoms with van der Waals surface area (Å²) in [5.74, 6) is -2.05. The quantitative estimate of drug-likeness (QED) is 0.654. The Morgan fingerprint density at radius 2 is 1.92 bits per heavy atom. The molecule has 0 bridgehead atoms. The fourth-order valence-corrected chi connectivity index (χ4v) is 2.49. The van der Waals surface area contributed by atoms with Gasteiger partial charge in [-0.05, 0) is 37.3 Å². The summed E-state index contributed by atoms with van der Waals surface area (Å²) in [6.45, 7) is 1.39. The molecule has 3 aromatic rings. The molecule has 0 aliphatic rings. The number of nitrogens with zero attached hydrogens (tertiary/aromatic N) is 2. The van der Waals surface area contributed by atoms with E-state index < -0.39 is 23.8 Å². The number of hydrogen-bond donors (Lipinski definition) is 1. The molecule has 0 aliphatic heterocycles. The highest BCUT2D eigenvalue weighted by Crippen LogP contribution is 2.19. The first kappa shape index (κ1) is 17.9. The normalized spacial score (nSPS) is 11.8. The number of aromatic nitrogens is 2. The van der Waals surface area contributed by atoms with Crippen LogP contribution < -0.4 is 5.32 Å². The number of hydrogen-bond acceptors (Lipinski definition) is 5. The standard InChI is InChI=1S/C18H13BrFN3O3/c1-10(17(24)23-13-7-6-11(19)8-12(13)20)26-18(25)16-9-21-14-4-2-3-5-15(14)22-16/h2-10H,1H3,(H,23,24). The Morgan fingerprint density at radius 1 is 1.19 bits per heavy atom. The molecule has 0 aliphatic carbocycles. The van der Waals surface area contributed by atoms with Gasteiger partial charge in [-0.2, -0.15) is 0 Å². The van der Waals surface area contributed by atoms with Gasteiger partial charge in [0.25, 0.3) is 5.91 Å². The molecule has 0 saturated heterocycles. The molecule has 1 atom stereocenters. The first-order valence-corrected chi connectivity index (χ1v) is 8.42. The third kappa shape index (κ3) is 4.02. The topological polar surface area (TPSA) is 81.2 Å². The second-order valence-corrected chi connectivity index (χ2v) is 6.32. The number of carbonyl (C=O) groups is 2. The van der Waals surface area contributed by atoms with Crippen molar-refractivity contribution in [2.24, 2.45) is 0 Å². The molecule has 8 heteroatoms. The molecular formula is C18H13BrFN3O3. The van der Waals surface area contributed by atoms with E-state index in [9.17, 15) is 14.0 Å². The number of para-hydroxylation sites is 2. The zero-order valence-corrected chi connectivity index (χ0v) is 15.2. The van der Waals surface area contributed by atoms with Crippen LogP contribution in [0.25, 0.3) is 11.0 Å². The largest absolute Gasteiger partial charge is 0.448 e. The van der Waals surface area contributed by atoms with E-state index in [4.69, 9.17) is 4.74 Å². The van der Waals surface area contributed by atoms with Crippen molar-refractivity contribution >= 4 is 44.5 Å². The molecule has 0 radical (unpaired) electrons. The van der Waals surface area contributed by atoms with Gasteiger partial charge in [0, 0.05) is 4.47 Å². The number of benzene rings is 2. The molecule has 26 heavy (non-hydrogen) atoms. The van der Waals surface area contributed by atoms with Gasteiger partial charge in [0.15, 0.2) is 11.8 Å². The number of ether oxygens (including phenoxy) is 1. The van der Waals surface area contributed by atoms with Crippen LogP contribution in [-0.2, 0) is 9.53 Å². The van der Waals surface area contributed by atoms with Crippen molar-refractivity contribution in [3.05, 3.63) is 64.6 Å². The monoisotopic (exact) mass is 417 g/mol. The van der Waals surface area contributed by atoms with Crippen LogP contribution in [0.1, 0.15) is 17.4 Å². The highest BCUT2D eigenvalue weighted by Gasteiger charge is 2.21. The number of halogens is 2. The Labute approximate surface area is 156 Å². The lowest BCUT2D eigenvalue weighted by Crippen LogP contribution is -2.30. The van der Waals surface area contributed by atoms with Crippen LogP contribution in [0.4, 0.5) is 10.1 Å². The van der Waals surface area contributed by atoms with Crippen molar-refractivity contribution < 1.29 is 18.7 Å². The van der Waals surface area contributed by atoms with Crippen molar-refractivity contribution in [2.75, 3.05) is 5.32 Å². The van der Waals surface area contributed by atoms with Gasteiger partial charge in [0.1, 0.15) is 5.82 Å². The summed E-state index contributed by atoms with van der Waals surface area (Å²) < 4.78 is 19.4. The summed E-state index contributed by atoms with van der Waals surface area (Å²) in [6.07, 6.45) is 0.141. The maximum Gasteiger partial charge on any atom is 0.359 e.